The van der Waals surface area contributed by atoms with Crippen molar-refractivity contribution in [1.29, 1.82) is 0 Å². The first-order valence-corrected chi connectivity index (χ1v) is 8.11. The Morgan fingerprint density at radius 2 is 1.92 bits per heavy atom. The Labute approximate surface area is 149 Å². The third-order valence-electron chi connectivity index (χ3n) is 3.93. The number of phenolic OH excluding ortho intramolecular Hbond substituents is 1. The summed E-state index contributed by atoms with van der Waals surface area (Å²) in [6.45, 7) is 1.99. The van der Waals surface area contributed by atoms with Gasteiger partial charge in [0.25, 0.3) is 0 Å². The monoisotopic (exact) mass is 354 g/mol. The predicted molar refractivity (Wildman–Crippen MR) is 94.9 cm³/mol. The van der Waals surface area contributed by atoms with E-state index in [9.17, 15) is 14.7 Å². The van der Waals surface area contributed by atoms with Crippen molar-refractivity contribution in [3.63, 3.8) is 0 Å². The van der Waals surface area contributed by atoms with Crippen LogP contribution in [0, 0.1) is 0 Å². The highest BCUT2D eigenvalue weighted by molar-refractivity contribution is 6.00. The molecule has 1 heterocycles. The van der Waals surface area contributed by atoms with Crippen LogP contribution in [-0.4, -0.2) is 30.6 Å². The SMILES string of the molecule is CCOC(=O)c1cc2cc(CC(=O)c3ccc(OC)cc3O)ccc2o1. The molecule has 0 aliphatic carbocycles. The van der Waals surface area contributed by atoms with E-state index >= 15 is 0 Å². The molecule has 6 nitrogen and oxygen atoms in total. The lowest BCUT2D eigenvalue weighted by Gasteiger charge is -2.06. The van der Waals surface area contributed by atoms with E-state index in [4.69, 9.17) is 13.9 Å². The maximum atomic E-state index is 12.5. The van der Waals surface area contributed by atoms with Crippen molar-refractivity contribution < 1.29 is 28.6 Å². The Morgan fingerprint density at radius 3 is 2.62 bits per heavy atom. The van der Waals surface area contributed by atoms with E-state index in [-0.39, 0.29) is 35.9 Å². The summed E-state index contributed by atoms with van der Waals surface area (Å²) in [6.07, 6.45) is 0.107. The Hall–Kier alpha value is -3.28. The minimum Gasteiger partial charge on any atom is -0.507 e. The highest BCUT2D eigenvalue weighted by Crippen LogP contribution is 2.26. The van der Waals surface area contributed by atoms with Crippen molar-refractivity contribution in [2.75, 3.05) is 13.7 Å². The van der Waals surface area contributed by atoms with Gasteiger partial charge in [-0.3, -0.25) is 4.79 Å². The summed E-state index contributed by atoms with van der Waals surface area (Å²) in [6, 6.07) is 11.4. The average molecular weight is 354 g/mol. The van der Waals surface area contributed by atoms with Crippen LogP contribution >= 0.6 is 0 Å². The van der Waals surface area contributed by atoms with Crippen LogP contribution in [0.1, 0.15) is 33.4 Å². The van der Waals surface area contributed by atoms with Gasteiger partial charge in [0.1, 0.15) is 17.1 Å². The fraction of sp³-hybridized carbons (Fsp3) is 0.200. The first-order chi connectivity index (χ1) is 12.5. The maximum absolute atomic E-state index is 12.5. The van der Waals surface area contributed by atoms with E-state index in [1.807, 2.05) is 0 Å². The molecule has 0 saturated carbocycles. The van der Waals surface area contributed by atoms with Crippen LogP contribution in [0.4, 0.5) is 0 Å². The quantitative estimate of drug-likeness (QED) is 0.536. The molecule has 0 aliphatic heterocycles. The van der Waals surface area contributed by atoms with Crippen molar-refractivity contribution in [2.45, 2.75) is 13.3 Å². The van der Waals surface area contributed by atoms with Crippen molar-refractivity contribution in [1.82, 2.24) is 0 Å². The van der Waals surface area contributed by atoms with Gasteiger partial charge in [0, 0.05) is 17.9 Å². The highest BCUT2D eigenvalue weighted by Gasteiger charge is 2.16. The molecule has 0 fully saturated rings. The Bertz CT molecular complexity index is 970. The number of Topliss-reactive ketones (excluding diaryl/α,β-unsaturated/α-hetero) is 1. The number of ether oxygens (including phenoxy) is 2. The molecule has 0 aliphatic rings. The summed E-state index contributed by atoms with van der Waals surface area (Å²) < 4.78 is 15.4. The van der Waals surface area contributed by atoms with Crippen LogP contribution < -0.4 is 4.74 Å². The van der Waals surface area contributed by atoms with Crippen LogP contribution in [0.25, 0.3) is 11.0 Å². The number of fused-ring (bicyclic) bond motifs is 1. The summed E-state index contributed by atoms with van der Waals surface area (Å²) >= 11 is 0. The second-order valence-electron chi connectivity index (χ2n) is 5.69. The van der Waals surface area contributed by atoms with E-state index in [1.54, 1.807) is 37.3 Å². The molecule has 3 rings (SSSR count). The van der Waals surface area contributed by atoms with Gasteiger partial charge in [-0.05, 0) is 42.8 Å². The third kappa shape index (κ3) is 3.54. The fourth-order valence-corrected chi connectivity index (χ4v) is 2.66. The minimum atomic E-state index is -0.524. The highest BCUT2D eigenvalue weighted by atomic mass is 16.5. The van der Waals surface area contributed by atoms with Gasteiger partial charge in [-0.25, -0.2) is 4.79 Å². The number of ketones is 1. The zero-order valence-corrected chi connectivity index (χ0v) is 14.4. The molecule has 0 bridgehead atoms. The number of carbonyl (C=O) groups is 2. The summed E-state index contributed by atoms with van der Waals surface area (Å²) in [4.78, 5) is 24.2. The molecule has 1 N–H and O–H groups in total. The Morgan fingerprint density at radius 1 is 1.12 bits per heavy atom. The van der Waals surface area contributed by atoms with E-state index in [0.29, 0.717) is 16.7 Å². The van der Waals surface area contributed by atoms with Gasteiger partial charge in [-0.1, -0.05) is 6.07 Å². The van der Waals surface area contributed by atoms with Crippen LogP contribution in [0.2, 0.25) is 0 Å². The number of aromatic hydroxyl groups is 1. The third-order valence-corrected chi connectivity index (χ3v) is 3.93. The van der Waals surface area contributed by atoms with Crippen molar-refractivity contribution in [3.05, 3.63) is 59.4 Å². The van der Waals surface area contributed by atoms with E-state index in [1.165, 1.54) is 19.2 Å². The van der Waals surface area contributed by atoms with E-state index < -0.39 is 5.97 Å². The molecule has 1 aromatic heterocycles. The largest absolute Gasteiger partial charge is 0.507 e. The van der Waals surface area contributed by atoms with Crippen LogP contribution in [0.3, 0.4) is 0 Å². The standard InChI is InChI=1S/C20H18O6/c1-3-25-20(23)19-10-13-8-12(4-7-18(13)26-19)9-16(21)15-6-5-14(24-2)11-17(15)22/h4-8,10-11,22H,3,9H2,1-2H3. The Balaban J connectivity index is 1.82. The lowest BCUT2D eigenvalue weighted by atomic mass is 10.0. The number of rotatable bonds is 6. The number of carbonyl (C=O) groups excluding carboxylic acids is 2. The van der Waals surface area contributed by atoms with Crippen molar-refractivity contribution in [3.8, 4) is 11.5 Å². The van der Waals surface area contributed by atoms with E-state index in [2.05, 4.69) is 0 Å². The number of benzene rings is 2. The fourth-order valence-electron chi connectivity index (χ4n) is 2.66. The van der Waals surface area contributed by atoms with Gasteiger partial charge in [-0.15, -0.1) is 0 Å². The molecule has 0 unspecified atom stereocenters. The smallest absolute Gasteiger partial charge is 0.374 e. The number of hydrogen-bond acceptors (Lipinski definition) is 6. The molecule has 3 aromatic rings. The molecular weight excluding hydrogens is 336 g/mol. The number of phenols is 1. The Kier molecular flexibility index (Phi) is 4.93. The predicted octanol–water partition coefficient (Wildman–Crippen LogP) is 3.75. The molecule has 2 aromatic carbocycles. The molecule has 134 valence electrons. The lowest BCUT2D eigenvalue weighted by Crippen LogP contribution is -2.04. The number of furan rings is 1. The molecule has 0 saturated heterocycles. The summed E-state index contributed by atoms with van der Waals surface area (Å²) in [5.41, 5.74) is 1.51. The maximum Gasteiger partial charge on any atom is 0.374 e. The average Bonchev–Trinajstić information content (AvgIpc) is 3.05. The zero-order chi connectivity index (χ0) is 18.7. The number of esters is 1. The number of methoxy groups -OCH3 is 1. The first-order valence-electron chi connectivity index (χ1n) is 8.11. The lowest BCUT2D eigenvalue weighted by molar-refractivity contribution is 0.0492. The molecule has 0 spiro atoms. The second-order valence-corrected chi connectivity index (χ2v) is 5.69. The van der Waals surface area contributed by atoms with Crippen molar-refractivity contribution >= 4 is 22.7 Å². The summed E-state index contributed by atoms with van der Waals surface area (Å²) in [7, 11) is 1.49. The van der Waals surface area contributed by atoms with Gasteiger partial charge in [0.2, 0.25) is 5.76 Å². The summed E-state index contributed by atoms with van der Waals surface area (Å²) in [5, 5.41) is 10.7. The second kappa shape index (κ2) is 7.31. The summed E-state index contributed by atoms with van der Waals surface area (Å²) in [5.74, 6) is -0.269. The normalized spacial score (nSPS) is 10.7. The van der Waals surface area contributed by atoms with Crippen LogP contribution in [0.15, 0.2) is 46.9 Å². The minimum absolute atomic E-state index is 0.107. The molecule has 0 atom stereocenters. The van der Waals surface area contributed by atoms with Crippen LogP contribution in [-0.2, 0) is 11.2 Å². The molecule has 0 radical (unpaired) electrons. The van der Waals surface area contributed by atoms with Gasteiger partial charge in [0.05, 0.1) is 19.3 Å². The first kappa shape index (κ1) is 17.5. The topological polar surface area (TPSA) is 86.0 Å². The molecular formula is C20H18O6. The van der Waals surface area contributed by atoms with Gasteiger partial charge in [0.15, 0.2) is 5.78 Å². The van der Waals surface area contributed by atoms with Gasteiger partial charge >= 0.3 is 5.97 Å². The number of hydrogen-bond donors (Lipinski definition) is 1. The molecule has 6 heteroatoms. The molecule has 26 heavy (non-hydrogen) atoms. The van der Waals surface area contributed by atoms with Gasteiger partial charge < -0.3 is 19.0 Å². The van der Waals surface area contributed by atoms with Gasteiger partial charge in [-0.2, -0.15) is 0 Å². The van der Waals surface area contributed by atoms with Crippen molar-refractivity contribution in [2.24, 2.45) is 0 Å². The van der Waals surface area contributed by atoms with Crippen LogP contribution in [0.5, 0.6) is 11.5 Å². The zero-order valence-electron chi connectivity index (χ0n) is 14.4. The molecule has 0 amide bonds. The van der Waals surface area contributed by atoms with E-state index in [0.717, 1.165) is 5.56 Å².